The van der Waals surface area contributed by atoms with Gasteiger partial charge in [0.15, 0.2) is 0 Å². The molecule has 21 heavy (non-hydrogen) atoms. The standard InChI is InChI=1S/C18H21ClN2/c1-13(20)10-14-6-7-18(17(19)11-14)21-9-8-15-4-2-3-5-16(15)12-21/h2-7,11,13H,8-10,12,20H2,1H3. The van der Waals surface area contributed by atoms with E-state index in [9.17, 15) is 0 Å². The fourth-order valence-electron chi connectivity index (χ4n) is 3.01. The second kappa shape index (κ2) is 6.08. The van der Waals surface area contributed by atoms with Gasteiger partial charge in [-0.15, -0.1) is 0 Å². The fraction of sp³-hybridized carbons (Fsp3) is 0.333. The lowest BCUT2D eigenvalue weighted by Gasteiger charge is -2.31. The van der Waals surface area contributed by atoms with Gasteiger partial charge in [-0.2, -0.15) is 0 Å². The number of nitrogens with two attached hydrogens (primary N) is 1. The summed E-state index contributed by atoms with van der Waals surface area (Å²) in [6.07, 6.45) is 1.94. The first-order valence-electron chi connectivity index (χ1n) is 7.49. The summed E-state index contributed by atoms with van der Waals surface area (Å²) in [7, 11) is 0. The molecule has 2 aromatic carbocycles. The predicted octanol–water partition coefficient (Wildman–Crippen LogP) is 3.79. The van der Waals surface area contributed by atoms with Crippen molar-refractivity contribution in [2.75, 3.05) is 11.4 Å². The van der Waals surface area contributed by atoms with Crippen LogP contribution in [0.2, 0.25) is 5.02 Å². The molecule has 0 spiro atoms. The highest BCUT2D eigenvalue weighted by Crippen LogP contribution is 2.31. The van der Waals surface area contributed by atoms with Gasteiger partial charge in [0.05, 0.1) is 10.7 Å². The highest BCUT2D eigenvalue weighted by Gasteiger charge is 2.18. The van der Waals surface area contributed by atoms with E-state index in [-0.39, 0.29) is 6.04 Å². The fourth-order valence-corrected chi connectivity index (χ4v) is 3.33. The largest absolute Gasteiger partial charge is 0.366 e. The maximum absolute atomic E-state index is 6.49. The van der Waals surface area contributed by atoms with E-state index in [1.807, 2.05) is 6.92 Å². The van der Waals surface area contributed by atoms with Crippen molar-refractivity contribution in [3.8, 4) is 0 Å². The molecule has 2 nitrogen and oxygen atoms in total. The van der Waals surface area contributed by atoms with Crippen molar-refractivity contribution in [1.82, 2.24) is 0 Å². The third-order valence-electron chi connectivity index (χ3n) is 4.04. The van der Waals surface area contributed by atoms with Gasteiger partial charge in [-0.1, -0.05) is 41.9 Å². The molecule has 1 aliphatic heterocycles. The van der Waals surface area contributed by atoms with E-state index in [1.165, 1.54) is 16.7 Å². The highest BCUT2D eigenvalue weighted by molar-refractivity contribution is 6.33. The zero-order valence-electron chi connectivity index (χ0n) is 12.3. The second-order valence-electron chi connectivity index (χ2n) is 5.91. The van der Waals surface area contributed by atoms with Crippen molar-refractivity contribution >= 4 is 17.3 Å². The quantitative estimate of drug-likeness (QED) is 0.934. The van der Waals surface area contributed by atoms with Gasteiger partial charge in [-0.25, -0.2) is 0 Å². The van der Waals surface area contributed by atoms with E-state index in [2.05, 4.69) is 47.4 Å². The van der Waals surface area contributed by atoms with E-state index in [0.717, 1.165) is 36.6 Å². The summed E-state index contributed by atoms with van der Waals surface area (Å²) in [5.41, 5.74) is 11.0. The van der Waals surface area contributed by atoms with E-state index < -0.39 is 0 Å². The maximum atomic E-state index is 6.49. The van der Waals surface area contributed by atoms with E-state index >= 15 is 0 Å². The summed E-state index contributed by atoms with van der Waals surface area (Å²) in [5.74, 6) is 0. The first kappa shape index (κ1) is 14.4. The molecule has 0 amide bonds. The van der Waals surface area contributed by atoms with Crippen LogP contribution in [0.15, 0.2) is 42.5 Å². The van der Waals surface area contributed by atoms with Crippen molar-refractivity contribution in [3.05, 3.63) is 64.2 Å². The molecule has 2 aromatic rings. The Kier molecular flexibility index (Phi) is 4.18. The average molecular weight is 301 g/mol. The molecule has 0 radical (unpaired) electrons. The Morgan fingerprint density at radius 2 is 1.95 bits per heavy atom. The first-order valence-corrected chi connectivity index (χ1v) is 7.87. The molecule has 1 heterocycles. The van der Waals surface area contributed by atoms with Crippen LogP contribution in [0.25, 0.3) is 0 Å². The number of halogens is 1. The summed E-state index contributed by atoms with van der Waals surface area (Å²) in [6, 6.07) is 15.1. The highest BCUT2D eigenvalue weighted by atomic mass is 35.5. The normalized spacial score (nSPS) is 15.7. The number of hydrogen-bond donors (Lipinski definition) is 1. The number of anilines is 1. The molecule has 1 atom stereocenters. The van der Waals surface area contributed by atoms with E-state index in [0.29, 0.717) is 0 Å². The molecule has 0 saturated carbocycles. The van der Waals surface area contributed by atoms with Crippen LogP contribution in [0.1, 0.15) is 23.6 Å². The number of rotatable bonds is 3. The molecule has 1 aliphatic rings. The maximum Gasteiger partial charge on any atom is 0.0642 e. The zero-order valence-corrected chi connectivity index (χ0v) is 13.1. The zero-order chi connectivity index (χ0) is 14.8. The number of hydrogen-bond acceptors (Lipinski definition) is 2. The smallest absolute Gasteiger partial charge is 0.0642 e. The van der Waals surface area contributed by atoms with Gasteiger partial charge in [0.1, 0.15) is 0 Å². The molecule has 0 aliphatic carbocycles. The van der Waals surface area contributed by atoms with Crippen LogP contribution in [0.5, 0.6) is 0 Å². The Balaban J connectivity index is 1.82. The predicted molar refractivity (Wildman–Crippen MR) is 90.0 cm³/mol. The lowest BCUT2D eigenvalue weighted by molar-refractivity contribution is 0.727. The lowest BCUT2D eigenvalue weighted by Crippen LogP contribution is -2.30. The summed E-state index contributed by atoms with van der Waals surface area (Å²) >= 11 is 6.49. The SMILES string of the molecule is CC(N)Cc1ccc(N2CCc3ccccc3C2)c(Cl)c1. The minimum atomic E-state index is 0.161. The van der Waals surface area contributed by atoms with Gasteiger partial charge in [-0.3, -0.25) is 0 Å². The molecule has 0 fully saturated rings. The van der Waals surface area contributed by atoms with E-state index in [1.54, 1.807) is 0 Å². The second-order valence-corrected chi connectivity index (χ2v) is 6.31. The Bertz CT molecular complexity index is 637. The lowest BCUT2D eigenvalue weighted by atomic mass is 9.99. The Hall–Kier alpha value is -1.51. The van der Waals surface area contributed by atoms with Crippen LogP contribution >= 0.6 is 11.6 Å². The molecule has 0 saturated heterocycles. The molecule has 1 unspecified atom stereocenters. The third kappa shape index (κ3) is 3.22. The van der Waals surface area contributed by atoms with Gasteiger partial charge >= 0.3 is 0 Å². The van der Waals surface area contributed by atoms with Crippen LogP contribution in [-0.4, -0.2) is 12.6 Å². The molecule has 3 rings (SSSR count). The molecule has 0 bridgehead atoms. The van der Waals surface area contributed by atoms with Crippen LogP contribution in [0.4, 0.5) is 5.69 Å². The Morgan fingerprint density at radius 1 is 1.19 bits per heavy atom. The van der Waals surface area contributed by atoms with Crippen molar-refractivity contribution < 1.29 is 0 Å². The number of nitrogens with zero attached hydrogens (tertiary/aromatic N) is 1. The van der Waals surface area contributed by atoms with Gasteiger partial charge in [0.2, 0.25) is 0 Å². The molecule has 2 N–H and O–H groups in total. The minimum absolute atomic E-state index is 0.161. The monoisotopic (exact) mass is 300 g/mol. The summed E-state index contributed by atoms with van der Waals surface area (Å²) in [4.78, 5) is 2.36. The van der Waals surface area contributed by atoms with Crippen molar-refractivity contribution in [3.63, 3.8) is 0 Å². The topological polar surface area (TPSA) is 29.3 Å². The minimum Gasteiger partial charge on any atom is -0.366 e. The van der Waals surface area contributed by atoms with Crippen molar-refractivity contribution in [1.29, 1.82) is 0 Å². The summed E-state index contributed by atoms with van der Waals surface area (Å²) < 4.78 is 0. The first-order chi connectivity index (χ1) is 10.1. The number of fused-ring (bicyclic) bond motifs is 1. The molecular formula is C18H21ClN2. The third-order valence-corrected chi connectivity index (χ3v) is 4.34. The van der Waals surface area contributed by atoms with Crippen LogP contribution < -0.4 is 10.6 Å². The van der Waals surface area contributed by atoms with Crippen LogP contribution in [-0.2, 0) is 19.4 Å². The van der Waals surface area contributed by atoms with Gasteiger partial charge in [0, 0.05) is 19.1 Å². The Labute approximate surface area is 131 Å². The molecular weight excluding hydrogens is 280 g/mol. The molecule has 110 valence electrons. The van der Waals surface area contributed by atoms with Gasteiger partial charge in [0.25, 0.3) is 0 Å². The summed E-state index contributed by atoms with van der Waals surface area (Å²) in [5, 5.41) is 0.826. The van der Waals surface area contributed by atoms with Gasteiger partial charge < -0.3 is 10.6 Å². The van der Waals surface area contributed by atoms with Crippen molar-refractivity contribution in [2.24, 2.45) is 5.73 Å². The van der Waals surface area contributed by atoms with Crippen LogP contribution in [0.3, 0.4) is 0 Å². The van der Waals surface area contributed by atoms with Crippen molar-refractivity contribution in [2.45, 2.75) is 32.4 Å². The summed E-state index contributed by atoms with van der Waals surface area (Å²) in [6.45, 7) is 3.97. The molecule has 3 heteroatoms. The van der Waals surface area contributed by atoms with Gasteiger partial charge in [-0.05, 0) is 48.6 Å². The van der Waals surface area contributed by atoms with E-state index in [4.69, 9.17) is 17.3 Å². The van der Waals surface area contributed by atoms with Crippen LogP contribution in [0, 0.1) is 0 Å². The number of benzene rings is 2. The Morgan fingerprint density at radius 3 is 2.67 bits per heavy atom. The average Bonchev–Trinajstić information content (AvgIpc) is 2.46. The molecule has 0 aromatic heterocycles.